The molecular weight excluding hydrogens is 304 g/mol. The van der Waals surface area contributed by atoms with Gasteiger partial charge in [-0.3, -0.25) is 4.79 Å². The molecule has 1 aliphatic carbocycles. The molecule has 0 aliphatic heterocycles. The van der Waals surface area contributed by atoms with E-state index < -0.39 is 0 Å². The SMILES string of the molecule is Cc1ccc(C(=O)Nc2sc3c(c2C#N)CCCCC3)c(C)c1. The molecule has 0 spiro atoms. The number of carbonyl (C=O) groups excluding carboxylic acids is 1. The van der Waals surface area contributed by atoms with Gasteiger partial charge in [0.1, 0.15) is 11.1 Å². The van der Waals surface area contributed by atoms with Gasteiger partial charge in [0, 0.05) is 10.4 Å². The number of fused-ring (bicyclic) bond motifs is 1. The van der Waals surface area contributed by atoms with E-state index in [1.165, 1.54) is 17.7 Å². The topological polar surface area (TPSA) is 52.9 Å². The Kier molecular flexibility index (Phi) is 4.49. The average Bonchev–Trinajstić information content (AvgIpc) is 2.67. The molecule has 3 nitrogen and oxygen atoms in total. The molecule has 0 saturated heterocycles. The van der Waals surface area contributed by atoms with Gasteiger partial charge in [-0.2, -0.15) is 5.26 Å². The molecule has 1 heterocycles. The second-order valence-corrected chi connectivity index (χ2v) is 7.26. The molecule has 0 bridgehead atoms. The van der Waals surface area contributed by atoms with Crippen LogP contribution in [0.3, 0.4) is 0 Å². The first kappa shape index (κ1) is 15.8. The number of aryl methyl sites for hydroxylation is 3. The van der Waals surface area contributed by atoms with Crippen molar-refractivity contribution in [1.82, 2.24) is 0 Å². The van der Waals surface area contributed by atoms with Gasteiger partial charge in [0.05, 0.1) is 5.56 Å². The minimum atomic E-state index is -0.129. The molecule has 0 saturated carbocycles. The highest BCUT2D eigenvalue weighted by molar-refractivity contribution is 7.16. The van der Waals surface area contributed by atoms with Gasteiger partial charge in [-0.15, -0.1) is 11.3 Å². The summed E-state index contributed by atoms with van der Waals surface area (Å²) in [5.74, 6) is -0.129. The van der Waals surface area contributed by atoms with Gasteiger partial charge >= 0.3 is 0 Å². The Morgan fingerprint density at radius 1 is 1.22 bits per heavy atom. The van der Waals surface area contributed by atoms with Crippen molar-refractivity contribution >= 4 is 22.2 Å². The minimum absolute atomic E-state index is 0.129. The third kappa shape index (κ3) is 3.16. The van der Waals surface area contributed by atoms with E-state index in [9.17, 15) is 10.1 Å². The number of benzene rings is 1. The maximum atomic E-state index is 12.6. The molecule has 1 amide bonds. The molecular formula is C19H20N2OS. The number of amides is 1. The van der Waals surface area contributed by atoms with E-state index in [0.29, 0.717) is 16.1 Å². The van der Waals surface area contributed by atoms with Crippen LogP contribution in [-0.4, -0.2) is 5.91 Å². The lowest BCUT2D eigenvalue weighted by atomic mass is 10.0. The Morgan fingerprint density at radius 2 is 2.00 bits per heavy atom. The van der Waals surface area contributed by atoms with Crippen LogP contribution in [0.15, 0.2) is 18.2 Å². The number of nitrogens with zero attached hydrogens (tertiary/aromatic N) is 1. The van der Waals surface area contributed by atoms with Crippen LogP contribution in [0.5, 0.6) is 0 Å². The normalized spacial score (nSPS) is 13.8. The number of nitriles is 1. The van der Waals surface area contributed by atoms with Gasteiger partial charge in [0.25, 0.3) is 5.91 Å². The zero-order valence-electron chi connectivity index (χ0n) is 13.5. The lowest BCUT2D eigenvalue weighted by Gasteiger charge is -2.07. The van der Waals surface area contributed by atoms with E-state index in [1.54, 1.807) is 11.3 Å². The smallest absolute Gasteiger partial charge is 0.256 e. The van der Waals surface area contributed by atoms with Crippen LogP contribution in [0.25, 0.3) is 0 Å². The Balaban J connectivity index is 1.91. The molecule has 4 heteroatoms. The molecule has 1 aromatic carbocycles. The number of thiophene rings is 1. The monoisotopic (exact) mass is 324 g/mol. The third-order valence-electron chi connectivity index (χ3n) is 4.39. The number of rotatable bonds is 2. The highest BCUT2D eigenvalue weighted by Gasteiger charge is 2.21. The molecule has 0 radical (unpaired) electrons. The summed E-state index contributed by atoms with van der Waals surface area (Å²) in [4.78, 5) is 13.9. The van der Waals surface area contributed by atoms with Gasteiger partial charge in [0.15, 0.2) is 0 Å². The maximum Gasteiger partial charge on any atom is 0.256 e. The van der Waals surface area contributed by atoms with Crippen LogP contribution < -0.4 is 5.32 Å². The zero-order valence-corrected chi connectivity index (χ0v) is 14.3. The summed E-state index contributed by atoms with van der Waals surface area (Å²) in [6, 6.07) is 8.10. The molecule has 118 valence electrons. The number of anilines is 1. The number of hydrogen-bond acceptors (Lipinski definition) is 3. The van der Waals surface area contributed by atoms with E-state index in [2.05, 4.69) is 11.4 Å². The second kappa shape index (κ2) is 6.55. The molecule has 0 fully saturated rings. The maximum absolute atomic E-state index is 12.6. The van der Waals surface area contributed by atoms with Crippen molar-refractivity contribution in [2.24, 2.45) is 0 Å². The van der Waals surface area contributed by atoms with Crippen molar-refractivity contribution in [2.45, 2.75) is 46.0 Å². The van der Waals surface area contributed by atoms with E-state index >= 15 is 0 Å². The zero-order chi connectivity index (χ0) is 16.4. The largest absolute Gasteiger partial charge is 0.312 e. The highest BCUT2D eigenvalue weighted by Crippen LogP contribution is 2.37. The minimum Gasteiger partial charge on any atom is -0.312 e. The number of nitrogens with one attached hydrogen (secondary N) is 1. The quantitative estimate of drug-likeness (QED) is 0.810. The molecule has 1 aromatic heterocycles. The fourth-order valence-corrected chi connectivity index (χ4v) is 4.42. The van der Waals surface area contributed by atoms with E-state index in [4.69, 9.17) is 0 Å². The third-order valence-corrected chi connectivity index (χ3v) is 5.59. The van der Waals surface area contributed by atoms with Crippen LogP contribution in [0.1, 0.15) is 56.8 Å². The van der Waals surface area contributed by atoms with Crippen molar-refractivity contribution in [1.29, 1.82) is 5.26 Å². The first-order chi connectivity index (χ1) is 11.1. The van der Waals surface area contributed by atoms with Gasteiger partial charge in [-0.05, 0) is 56.7 Å². The Hall–Kier alpha value is -2.12. The Morgan fingerprint density at radius 3 is 2.74 bits per heavy atom. The summed E-state index contributed by atoms with van der Waals surface area (Å²) in [6.07, 6.45) is 5.49. The van der Waals surface area contributed by atoms with Crippen molar-refractivity contribution < 1.29 is 4.79 Å². The van der Waals surface area contributed by atoms with Crippen LogP contribution >= 0.6 is 11.3 Å². The molecule has 23 heavy (non-hydrogen) atoms. The fourth-order valence-electron chi connectivity index (χ4n) is 3.19. The summed E-state index contributed by atoms with van der Waals surface area (Å²) in [6.45, 7) is 3.95. The molecule has 1 aliphatic rings. The predicted molar refractivity (Wildman–Crippen MR) is 94.2 cm³/mol. The molecule has 2 aromatic rings. The first-order valence-electron chi connectivity index (χ1n) is 8.03. The second-order valence-electron chi connectivity index (χ2n) is 6.15. The van der Waals surface area contributed by atoms with Crippen molar-refractivity contribution in [3.8, 4) is 6.07 Å². The molecule has 1 N–H and O–H groups in total. The molecule has 0 unspecified atom stereocenters. The van der Waals surface area contributed by atoms with Crippen molar-refractivity contribution in [3.05, 3.63) is 50.9 Å². The lowest BCUT2D eigenvalue weighted by Crippen LogP contribution is -2.13. The van der Waals surface area contributed by atoms with Crippen LogP contribution in [-0.2, 0) is 12.8 Å². The Labute approximate surface area is 141 Å². The number of carbonyl (C=O) groups is 1. The molecule has 3 rings (SSSR count). The van der Waals surface area contributed by atoms with E-state index in [-0.39, 0.29) is 5.91 Å². The van der Waals surface area contributed by atoms with Crippen LogP contribution in [0.4, 0.5) is 5.00 Å². The molecule has 0 atom stereocenters. The number of hydrogen-bond donors (Lipinski definition) is 1. The Bertz CT molecular complexity index is 798. The van der Waals surface area contributed by atoms with E-state index in [1.807, 2.05) is 32.0 Å². The summed E-state index contributed by atoms with van der Waals surface area (Å²) in [7, 11) is 0. The summed E-state index contributed by atoms with van der Waals surface area (Å²) >= 11 is 1.58. The van der Waals surface area contributed by atoms with Crippen molar-refractivity contribution in [2.75, 3.05) is 5.32 Å². The summed E-state index contributed by atoms with van der Waals surface area (Å²) in [5, 5.41) is 13.2. The van der Waals surface area contributed by atoms with Crippen LogP contribution in [0.2, 0.25) is 0 Å². The summed E-state index contributed by atoms with van der Waals surface area (Å²) in [5.41, 5.74) is 4.60. The van der Waals surface area contributed by atoms with Crippen molar-refractivity contribution in [3.63, 3.8) is 0 Å². The first-order valence-corrected chi connectivity index (χ1v) is 8.85. The summed E-state index contributed by atoms with van der Waals surface area (Å²) < 4.78 is 0. The van der Waals surface area contributed by atoms with Crippen LogP contribution in [0, 0.1) is 25.2 Å². The van der Waals surface area contributed by atoms with Gasteiger partial charge < -0.3 is 5.32 Å². The standard InChI is InChI=1S/C19H20N2OS/c1-12-8-9-14(13(2)10-12)18(22)21-19-16(11-20)15-6-4-3-5-7-17(15)23-19/h8-10H,3-7H2,1-2H3,(H,21,22). The highest BCUT2D eigenvalue weighted by atomic mass is 32.1. The van der Waals surface area contributed by atoms with E-state index in [0.717, 1.165) is 36.0 Å². The fraction of sp³-hybridized carbons (Fsp3) is 0.368. The lowest BCUT2D eigenvalue weighted by molar-refractivity contribution is 0.102. The van der Waals surface area contributed by atoms with Gasteiger partial charge in [-0.25, -0.2) is 0 Å². The van der Waals surface area contributed by atoms with Gasteiger partial charge in [0.2, 0.25) is 0 Å². The van der Waals surface area contributed by atoms with Gasteiger partial charge in [-0.1, -0.05) is 24.1 Å². The predicted octanol–water partition coefficient (Wildman–Crippen LogP) is 4.76. The average molecular weight is 324 g/mol.